The third-order valence-electron chi connectivity index (χ3n) is 6.45. The van der Waals surface area contributed by atoms with Crippen molar-refractivity contribution in [2.75, 3.05) is 39.3 Å². The Morgan fingerprint density at radius 2 is 1.97 bits per heavy atom. The molecule has 0 saturated carbocycles. The molecule has 0 unspecified atom stereocenters. The molecule has 0 amide bonds. The molecule has 176 valence electrons. The molecule has 32 heavy (non-hydrogen) atoms. The highest BCUT2D eigenvalue weighted by Crippen LogP contribution is 2.19. The van der Waals surface area contributed by atoms with Crippen LogP contribution in [0.15, 0.2) is 23.0 Å². The van der Waals surface area contributed by atoms with E-state index in [4.69, 9.17) is 17.0 Å². The van der Waals surface area contributed by atoms with Gasteiger partial charge < -0.3 is 24.8 Å². The highest BCUT2D eigenvalue weighted by molar-refractivity contribution is 7.80. The Balaban J connectivity index is 1.72. The van der Waals surface area contributed by atoms with E-state index >= 15 is 0 Å². The van der Waals surface area contributed by atoms with Crippen molar-refractivity contribution in [3.8, 4) is 0 Å². The molecule has 7 heteroatoms. The van der Waals surface area contributed by atoms with Gasteiger partial charge in [0.2, 0.25) is 0 Å². The number of fused-ring (bicyclic) bond motifs is 1. The van der Waals surface area contributed by atoms with Crippen molar-refractivity contribution in [3.63, 3.8) is 0 Å². The number of benzene rings is 1. The number of nitrogens with zero attached hydrogens (tertiary/aromatic N) is 2. The second-order valence-electron chi connectivity index (χ2n) is 8.78. The average Bonchev–Trinajstić information content (AvgIpc) is 3.28. The Morgan fingerprint density at radius 1 is 1.22 bits per heavy atom. The van der Waals surface area contributed by atoms with E-state index in [9.17, 15) is 4.79 Å². The van der Waals surface area contributed by atoms with Gasteiger partial charge in [0.25, 0.3) is 5.56 Å². The monoisotopic (exact) mass is 458 g/mol. The van der Waals surface area contributed by atoms with Crippen LogP contribution in [0.2, 0.25) is 0 Å². The molecule has 1 fully saturated rings. The summed E-state index contributed by atoms with van der Waals surface area (Å²) >= 11 is 5.76. The van der Waals surface area contributed by atoms with Crippen LogP contribution in [-0.2, 0) is 11.3 Å². The molecule has 3 rings (SSSR count). The number of hydrogen-bond acceptors (Lipinski definition) is 4. The number of aromatic amines is 1. The van der Waals surface area contributed by atoms with E-state index in [2.05, 4.69) is 53.9 Å². The fourth-order valence-electron chi connectivity index (χ4n) is 4.25. The number of pyridine rings is 1. The Kier molecular flexibility index (Phi) is 9.08. The summed E-state index contributed by atoms with van der Waals surface area (Å²) in [5.74, 6) is 0. The normalized spacial score (nSPS) is 16.1. The van der Waals surface area contributed by atoms with E-state index < -0.39 is 0 Å². The van der Waals surface area contributed by atoms with Crippen LogP contribution in [-0.4, -0.2) is 65.3 Å². The minimum absolute atomic E-state index is 0.0533. The van der Waals surface area contributed by atoms with Gasteiger partial charge in [0.15, 0.2) is 5.11 Å². The van der Waals surface area contributed by atoms with E-state index in [1.165, 1.54) is 11.1 Å². The van der Waals surface area contributed by atoms with E-state index in [1.54, 1.807) is 0 Å². The number of nitrogens with one attached hydrogen (secondary N) is 2. The first-order chi connectivity index (χ1) is 15.4. The number of hydrogen-bond donors (Lipinski definition) is 2. The maximum absolute atomic E-state index is 12.8. The van der Waals surface area contributed by atoms with Crippen LogP contribution in [0, 0.1) is 13.8 Å². The quantitative estimate of drug-likeness (QED) is 0.418. The van der Waals surface area contributed by atoms with Crippen LogP contribution in [0.5, 0.6) is 0 Å². The summed E-state index contributed by atoms with van der Waals surface area (Å²) < 4.78 is 5.87. The first-order valence-electron chi connectivity index (χ1n) is 11.9. The molecule has 1 saturated heterocycles. The molecule has 1 aliphatic heterocycles. The van der Waals surface area contributed by atoms with Gasteiger partial charge in [0, 0.05) is 30.8 Å². The van der Waals surface area contributed by atoms with Gasteiger partial charge in [0.05, 0.1) is 12.6 Å². The van der Waals surface area contributed by atoms with Crippen LogP contribution < -0.4 is 10.9 Å². The van der Waals surface area contributed by atoms with E-state index in [0.717, 1.165) is 68.5 Å². The number of thiocarbonyl (C=S) groups is 1. The minimum Gasteiger partial charge on any atom is -0.376 e. The summed E-state index contributed by atoms with van der Waals surface area (Å²) in [7, 11) is 0. The summed E-state index contributed by atoms with van der Waals surface area (Å²) in [6, 6.07) is 6.19. The van der Waals surface area contributed by atoms with Crippen molar-refractivity contribution in [1.29, 1.82) is 0 Å². The standard InChI is InChI=1S/C25H38N4O2S/c1-5-28(6-2)11-8-10-26-25(32)29(17-22-9-7-12-31-22)16-21-15-20-13-18(3)19(4)14-23(20)27-24(21)30/h13-15,22H,5-12,16-17H2,1-4H3,(H,26,32)(H,27,30)/t22-/m1/s1. The Morgan fingerprint density at radius 3 is 2.66 bits per heavy atom. The lowest BCUT2D eigenvalue weighted by Crippen LogP contribution is -2.44. The molecule has 2 N–H and O–H groups in total. The van der Waals surface area contributed by atoms with Gasteiger partial charge in [-0.1, -0.05) is 13.8 Å². The van der Waals surface area contributed by atoms with Crippen LogP contribution >= 0.6 is 12.2 Å². The Labute approximate surface area is 197 Å². The van der Waals surface area contributed by atoms with Gasteiger partial charge in [-0.15, -0.1) is 0 Å². The predicted molar refractivity (Wildman–Crippen MR) is 136 cm³/mol. The van der Waals surface area contributed by atoms with Crippen molar-refractivity contribution in [3.05, 3.63) is 45.2 Å². The number of rotatable bonds is 10. The lowest BCUT2D eigenvalue weighted by Gasteiger charge is -2.28. The van der Waals surface area contributed by atoms with Gasteiger partial charge in [0.1, 0.15) is 0 Å². The van der Waals surface area contributed by atoms with E-state index in [0.29, 0.717) is 18.2 Å². The Hall–Kier alpha value is -1.96. The average molecular weight is 459 g/mol. The number of aryl methyl sites for hydroxylation is 2. The van der Waals surface area contributed by atoms with Gasteiger partial charge in [-0.05, 0) is 99.7 Å². The summed E-state index contributed by atoms with van der Waals surface area (Å²) in [5, 5.41) is 5.16. The van der Waals surface area contributed by atoms with Crippen molar-refractivity contribution >= 4 is 28.2 Å². The molecule has 0 bridgehead atoms. The topological polar surface area (TPSA) is 60.6 Å². The van der Waals surface area contributed by atoms with Crippen LogP contribution in [0.25, 0.3) is 10.9 Å². The lowest BCUT2D eigenvalue weighted by molar-refractivity contribution is 0.0896. The largest absolute Gasteiger partial charge is 0.376 e. The molecule has 2 heterocycles. The summed E-state index contributed by atoms with van der Waals surface area (Å²) in [5.41, 5.74) is 3.95. The molecule has 0 aliphatic carbocycles. The SMILES string of the molecule is CCN(CC)CCCNC(=S)N(Cc1cc2cc(C)c(C)cc2[nH]c1=O)C[C@H]1CCCO1. The zero-order chi connectivity index (χ0) is 23.1. The van der Waals surface area contributed by atoms with Crippen molar-refractivity contribution < 1.29 is 4.74 Å². The molecule has 1 aromatic heterocycles. The van der Waals surface area contributed by atoms with Crippen molar-refractivity contribution in [2.45, 2.75) is 59.6 Å². The second kappa shape index (κ2) is 11.8. The lowest BCUT2D eigenvalue weighted by atomic mass is 10.0. The zero-order valence-electron chi connectivity index (χ0n) is 20.0. The van der Waals surface area contributed by atoms with E-state index in [1.807, 2.05) is 12.1 Å². The third-order valence-corrected chi connectivity index (χ3v) is 6.86. The Bertz CT molecular complexity index is 964. The molecule has 0 radical (unpaired) electrons. The van der Waals surface area contributed by atoms with Crippen molar-refractivity contribution in [2.24, 2.45) is 0 Å². The summed E-state index contributed by atoms with van der Waals surface area (Å²) in [4.78, 5) is 20.4. The first-order valence-corrected chi connectivity index (χ1v) is 12.3. The minimum atomic E-state index is -0.0533. The predicted octanol–water partition coefficient (Wildman–Crippen LogP) is 3.73. The molecular formula is C25H38N4O2S. The molecule has 1 aromatic carbocycles. The third kappa shape index (κ3) is 6.53. The highest BCUT2D eigenvalue weighted by atomic mass is 32.1. The molecule has 1 atom stereocenters. The molecule has 2 aromatic rings. The van der Waals surface area contributed by atoms with Crippen LogP contribution in [0.1, 0.15) is 49.8 Å². The summed E-state index contributed by atoms with van der Waals surface area (Å²) in [6.45, 7) is 14.5. The zero-order valence-corrected chi connectivity index (χ0v) is 20.8. The number of ether oxygens (including phenoxy) is 1. The second-order valence-corrected chi connectivity index (χ2v) is 9.16. The van der Waals surface area contributed by atoms with E-state index in [-0.39, 0.29) is 11.7 Å². The smallest absolute Gasteiger partial charge is 0.253 e. The van der Waals surface area contributed by atoms with Gasteiger partial charge >= 0.3 is 0 Å². The van der Waals surface area contributed by atoms with Gasteiger partial charge in [-0.3, -0.25) is 4.79 Å². The fraction of sp³-hybridized carbons (Fsp3) is 0.600. The van der Waals surface area contributed by atoms with Crippen LogP contribution in [0.3, 0.4) is 0 Å². The van der Waals surface area contributed by atoms with Crippen LogP contribution in [0.4, 0.5) is 0 Å². The maximum Gasteiger partial charge on any atom is 0.253 e. The summed E-state index contributed by atoms with van der Waals surface area (Å²) in [6.07, 6.45) is 3.31. The highest BCUT2D eigenvalue weighted by Gasteiger charge is 2.22. The number of aromatic nitrogens is 1. The fourth-order valence-corrected chi connectivity index (χ4v) is 4.49. The molecule has 6 nitrogen and oxygen atoms in total. The molecular weight excluding hydrogens is 420 g/mol. The molecule has 0 spiro atoms. The number of H-pyrrole nitrogens is 1. The van der Waals surface area contributed by atoms with Gasteiger partial charge in [-0.25, -0.2) is 0 Å². The first kappa shape index (κ1) is 24.7. The maximum atomic E-state index is 12.8. The van der Waals surface area contributed by atoms with Gasteiger partial charge in [-0.2, -0.15) is 0 Å². The molecule has 1 aliphatic rings. The van der Waals surface area contributed by atoms with Crippen molar-refractivity contribution in [1.82, 2.24) is 20.1 Å².